The molecule has 4 rings (SSSR count). The molecule has 0 bridgehead atoms. The number of aliphatic hydroxyl groups excluding tert-OH is 1. The maximum Gasteiger partial charge on any atom is 0.244 e. The Bertz CT molecular complexity index is 1280. The SMILES string of the molecule is Cc1ccc(NC(=O)Cn2c(NCC(C)O)nc3ccccc32)cc1S(=O)(=O)N1CCOCC1. The second-order valence-electron chi connectivity index (χ2n) is 8.29. The molecule has 0 aliphatic carbocycles. The molecule has 1 aromatic heterocycles. The lowest BCUT2D eigenvalue weighted by Gasteiger charge is -2.26. The summed E-state index contributed by atoms with van der Waals surface area (Å²) in [4.78, 5) is 17.6. The molecule has 1 atom stereocenters. The lowest BCUT2D eigenvalue weighted by molar-refractivity contribution is -0.116. The summed E-state index contributed by atoms with van der Waals surface area (Å²) in [5.74, 6) is 0.138. The molecule has 3 aromatic rings. The molecule has 1 amide bonds. The molecule has 0 spiro atoms. The Hall–Kier alpha value is -2.99. The van der Waals surface area contributed by atoms with Gasteiger partial charge in [0, 0.05) is 25.3 Å². The molecule has 34 heavy (non-hydrogen) atoms. The summed E-state index contributed by atoms with van der Waals surface area (Å²) in [7, 11) is -3.70. The number of sulfonamides is 1. The molecule has 10 nitrogen and oxygen atoms in total. The van der Waals surface area contributed by atoms with Crippen molar-refractivity contribution in [3.63, 3.8) is 0 Å². The van der Waals surface area contributed by atoms with Gasteiger partial charge in [-0.2, -0.15) is 4.31 Å². The van der Waals surface area contributed by atoms with Crippen LogP contribution >= 0.6 is 0 Å². The Labute approximate surface area is 198 Å². The smallest absolute Gasteiger partial charge is 0.244 e. The summed E-state index contributed by atoms with van der Waals surface area (Å²) in [5.41, 5.74) is 2.49. The van der Waals surface area contributed by atoms with Crippen LogP contribution in [0.3, 0.4) is 0 Å². The Kier molecular flexibility index (Phi) is 7.17. The van der Waals surface area contributed by atoms with Crippen molar-refractivity contribution >= 4 is 38.6 Å². The number of anilines is 2. The van der Waals surface area contributed by atoms with Crippen LogP contribution in [-0.2, 0) is 26.1 Å². The predicted octanol–water partition coefficient (Wildman–Crippen LogP) is 1.80. The third-order valence-corrected chi connectivity index (χ3v) is 7.61. The van der Waals surface area contributed by atoms with Crippen LogP contribution in [-0.4, -0.2) is 72.2 Å². The minimum absolute atomic E-state index is 0.0396. The number of aromatic nitrogens is 2. The average molecular weight is 488 g/mol. The first-order valence-electron chi connectivity index (χ1n) is 11.1. The van der Waals surface area contributed by atoms with E-state index in [4.69, 9.17) is 4.74 Å². The number of aryl methyl sites for hydroxylation is 1. The van der Waals surface area contributed by atoms with E-state index in [0.717, 1.165) is 11.0 Å². The van der Waals surface area contributed by atoms with Gasteiger partial charge < -0.3 is 25.0 Å². The number of imidazole rings is 1. The molecular weight excluding hydrogens is 458 g/mol. The van der Waals surface area contributed by atoms with Gasteiger partial charge in [-0.05, 0) is 43.7 Å². The molecule has 2 aromatic carbocycles. The number of aliphatic hydroxyl groups is 1. The summed E-state index contributed by atoms with van der Waals surface area (Å²) in [6.45, 7) is 4.96. The Balaban J connectivity index is 1.55. The van der Waals surface area contributed by atoms with E-state index in [9.17, 15) is 18.3 Å². The van der Waals surface area contributed by atoms with Gasteiger partial charge in [0.25, 0.3) is 0 Å². The normalized spacial score (nSPS) is 15.9. The van der Waals surface area contributed by atoms with E-state index < -0.39 is 16.1 Å². The molecule has 1 aliphatic rings. The van der Waals surface area contributed by atoms with Crippen molar-refractivity contribution in [2.45, 2.75) is 31.4 Å². The van der Waals surface area contributed by atoms with E-state index in [0.29, 0.717) is 43.5 Å². The average Bonchev–Trinajstić information content (AvgIpc) is 3.16. The molecule has 2 heterocycles. The first-order valence-corrected chi connectivity index (χ1v) is 12.6. The highest BCUT2D eigenvalue weighted by molar-refractivity contribution is 7.89. The molecule has 0 radical (unpaired) electrons. The van der Waals surface area contributed by atoms with Crippen LogP contribution in [0.15, 0.2) is 47.4 Å². The number of nitrogens with one attached hydrogen (secondary N) is 2. The fourth-order valence-corrected chi connectivity index (χ4v) is 5.49. The number of benzene rings is 2. The number of hydrogen-bond acceptors (Lipinski definition) is 7. The Morgan fingerprint density at radius 2 is 1.94 bits per heavy atom. The van der Waals surface area contributed by atoms with Crippen LogP contribution < -0.4 is 10.6 Å². The standard InChI is InChI=1S/C23H29N5O5S/c1-16-7-8-18(13-21(16)34(31,32)27-9-11-33-12-10-27)25-22(30)15-28-20-6-4-3-5-19(20)26-23(28)24-14-17(2)29/h3-8,13,17,29H,9-12,14-15H2,1-2H3,(H,24,26)(H,25,30). The predicted molar refractivity (Wildman–Crippen MR) is 129 cm³/mol. The van der Waals surface area contributed by atoms with E-state index in [-0.39, 0.29) is 23.9 Å². The molecule has 1 aliphatic heterocycles. The number of carbonyl (C=O) groups is 1. The number of carbonyl (C=O) groups excluding carboxylic acids is 1. The number of fused-ring (bicyclic) bond motifs is 1. The first kappa shape index (κ1) is 24.1. The Morgan fingerprint density at radius 3 is 2.68 bits per heavy atom. The van der Waals surface area contributed by atoms with Gasteiger partial charge in [0.1, 0.15) is 6.54 Å². The van der Waals surface area contributed by atoms with Gasteiger partial charge >= 0.3 is 0 Å². The van der Waals surface area contributed by atoms with Gasteiger partial charge in [-0.1, -0.05) is 18.2 Å². The van der Waals surface area contributed by atoms with E-state index in [1.165, 1.54) is 10.4 Å². The van der Waals surface area contributed by atoms with Crippen LogP contribution in [0.25, 0.3) is 11.0 Å². The van der Waals surface area contributed by atoms with Gasteiger partial charge in [0.2, 0.25) is 21.9 Å². The highest BCUT2D eigenvalue weighted by atomic mass is 32.2. The summed E-state index contributed by atoms with van der Waals surface area (Å²) < 4.78 is 34.7. The fourth-order valence-electron chi connectivity index (χ4n) is 3.84. The second kappa shape index (κ2) is 10.1. The van der Waals surface area contributed by atoms with E-state index >= 15 is 0 Å². The number of amides is 1. The van der Waals surface area contributed by atoms with E-state index in [1.807, 2.05) is 24.3 Å². The molecule has 1 unspecified atom stereocenters. The lowest BCUT2D eigenvalue weighted by Crippen LogP contribution is -2.40. The quantitative estimate of drug-likeness (QED) is 0.442. The van der Waals surface area contributed by atoms with Crippen molar-refractivity contribution in [3.8, 4) is 0 Å². The first-order chi connectivity index (χ1) is 16.3. The zero-order valence-electron chi connectivity index (χ0n) is 19.2. The summed E-state index contributed by atoms with van der Waals surface area (Å²) in [6.07, 6.45) is -0.582. The monoisotopic (exact) mass is 487 g/mol. The van der Waals surface area contributed by atoms with Crippen molar-refractivity contribution in [3.05, 3.63) is 48.0 Å². The van der Waals surface area contributed by atoms with E-state index in [1.54, 1.807) is 30.5 Å². The largest absolute Gasteiger partial charge is 0.392 e. The lowest BCUT2D eigenvalue weighted by atomic mass is 10.2. The zero-order chi connectivity index (χ0) is 24.3. The van der Waals surface area contributed by atoms with Gasteiger partial charge in [0.15, 0.2) is 0 Å². The van der Waals surface area contributed by atoms with Crippen molar-refractivity contribution in [1.29, 1.82) is 0 Å². The second-order valence-corrected chi connectivity index (χ2v) is 10.2. The fraction of sp³-hybridized carbons (Fsp3) is 0.391. The highest BCUT2D eigenvalue weighted by Crippen LogP contribution is 2.25. The molecule has 11 heteroatoms. The van der Waals surface area contributed by atoms with Gasteiger partial charge in [-0.15, -0.1) is 0 Å². The van der Waals surface area contributed by atoms with Crippen molar-refractivity contribution < 1.29 is 23.1 Å². The molecule has 182 valence electrons. The van der Waals surface area contributed by atoms with Crippen LogP contribution in [0.4, 0.5) is 11.6 Å². The molecule has 1 saturated heterocycles. The number of nitrogens with zero attached hydrogens (tertiary/aromatic N) is 3. The van der Waals surface area contributed by atoms with Crippen molar-refractivity contribution in [2.24, 2.45) is 0 Å². The maximum absolute atomic E-state index is 13.1. The third-order valence-electron chi connectivity index (χ3n) is 5.57. The van der Waals surface area contributed by atoms with Crippen LogP contribution in [0.2, 0.25) is 0 Å². The topological polar surface area (TPSA) is 126 Å². The minimum atomic E-state index is -3.70. The maximum atomic E-state index is 13.1. The third kappa shape index (κ3) is 5.22. The number of rotatable bonds is 8. The summed E-state index contributed by atoms with van der Waals surface area (Å²) in [5, 5.41) is 15.5. The van der Waals surface area contributed by atoms with Gasteiger partial charge in [-0.3, -0.25) is 4.79 Å². The summed E-state index contributed by atoms with van der Waals surface area (Å²) in [6, 6.07) is 12.3. The molecule has 3 N–H and O–H groups in total. The minimum Gasteiger partial charge on any atom is -0.392 e. The number of para-hydroxylation sites is 2. The number of morpholine rings is 1. The van der Waals surface area contributed by atoms with Crippen molar-refractivity contribution in [1.82, 2.24) is 13.9 Å². The van der Waals surface area contributed by atoms with Gasteiger partial charge in [-0.25, -0.2) is 13.4 Å². The van der Waals surface area contributed by atoms with Crippen LogP contribution in [0, 0.1) is 6.92 Å². The zero-order valence-corrected chi connectivity index (χ0v) is 20.0. The van der Waals surface area contributed by atoms with E-state index in [2.05, 4.69) is 15.6 Å². The highest BCUT2D eigenvalue weighted by Gasteiger charge is 2.28. The van der Waals surface area contributed by atoms with Crippen LogP contribution in [0.1, 0.15) is 12.5 Å². The van der Waals surface area contributed by atoms with Gasteiger partial charge in [0.05, 0.1) is 35.2 Å². The molecule has 1 fully saturated rings. The summed E-state index contributed by atoms with van der Waals surface area (Å²) >= 11 is 0. The molecule has 0 saturated carbocycles. The Morgan fingerprint density at radius 1 is 1.21 bits per heavy atom. The number of hydrogen-bond donors (Lipinski definition) is 3. The molecular formula is C23H29N5O5S. The number of ether oxygens (including phenoxy) is 1. The van der Waals surface area contributed by atoms with Crippen molar-refractivity contribution in [2.75, 3.05) is 43.5 Å². The van der Waals surface area contributed by atoms with Crippen LogP contribution in [0.5, 0.6) is 0 Å².